The standard InChI is InChI=1S/C13H20N4O2/c1-7(2)16-12(18)8(3)17-13(19)9-4-10(14)6-11(15)5-9/h4-8H,14-15H2,1-3H3,(H,16,18)(H,17,19). The van der Waals surface area contributed by atoms with Gasteiger partial charge in [0.05, 0.1) is 0 Å². The van der Waals surface area contributed by atoms with Crippen molar-refractivity contribution in [1.82, 2.24) is 10.6 Å². The normalized spacial score (nSPS) is 12.0. The summed E-state index contributed by atoms with van der Waals surface area (Å²) in [6.07, 6.45) is 0. The maximum absolute atomic E-state index is 11.9. The second kappa shape index (κ2) is 6.08. The minimum absolute atomic E-state index is 0.0230. The van der Waals surface area contributed by atoms with Crippen LogP contribution in [0.15, 0.2) is 18.2 Å². The molecule has 1 unspecified atom stereocenters. The Morgan fingerprint density at radius 2 is 1.53 bits per heavy atom. The first-order valence-electron chi connectivity index (χ1n) is 6.07. The van der Waals surface area contributed by atoms with Crippen LogP contribution in [0.4, 0.5) is 11.4 Å². The van der Waals surface area contributed by atoms with Crippen molar-refractivity contribution in [3.05, 3.63) is 23.8 Å². The van der Waals surface area contributed by atoms with Crippen molar-refractivity contribution in [1.29, 1.82) is 0 Å². The number of nitrogen functional groups attached to an aromatic ring is 2. The van der Waals surface area contributed by atoms with Crippen LogP contribution in [-0.2, 0) is 4.79 Å². The summed E-state index contributed by atoms with van der Waals surface area (Å²) in [5.41, 5.74) is 12.4. The number of nitrogens with one attached hydrogen (secondary N) is 2. The molecule has 1 aromatic rings. The highest BCUT2D eigenvalue weighted by atomic mass is 16.2. The maximum atomic E-state index is 11.9. The molecule has 0 radical (unpaired) electrons. The van der Waals surface area contributed by atoms with E-state index in [2.05, 4.69) is 10.6 Å². The molecule has 0 aliphatic carbocycles. The van der Waals surface area contributed by atoms with E-state index in [0.29, 0.717) is 16.9 Å². The molecular weight excluding hydrogens is 244 g/mol. The number of anilines is 2. The Balaban J connectivity index is 2.71. The molecule has 0 aliphatic heterocycles. The van der Waals surface area contributed by atoms with Crippen molar-refractivity contribution in [2.24, 2.45) is 0 Å². The summed E-state index contributed by atoms with van der Waals surface area (Å²) in [5, 5.41) is 5.31. The summed E-state index contributed by atoms with van der Waals surface area (Å²) in [5.74, 6) is -0.620. The first kappa shape index (κ1) is 14.8. The smallest absolute Gasteiger partial charge is 0.252 e. The van der Waals surface area contributed by atoms with Gasteiger partial charge in [-0.05, 0) is 39.0 Å². The first-order valence-corrected chi connectivity index (χ1v) is 6.07. The van der Waals surface area contributed by atoms with E-state index in [1.807, 2.05) is 13.8 Å². The van der Waals surface area contributed by atoms with E-state index in [9.17, 15) is 9.59 Å². The fourth-order valence-corrected chi connectivity index (χ4v) is 1.56. The Labute approximate surface area is 112 Å². The van der Waals surface area contributed by atoms with Gasteiger partial charge in [-0.1, -0.05) is 0 Å². The van der Waals surface area contributed by atoms with Crippen LogP contribution >= 0.6 is 0 Å². The van der Waals surface area contributed by atoms with Gasteiger partial charge in [-0.2, -0.15) is 0 Å². The van der Waals surface area contributed by atoms with Crippen molar-refractivity contribution in [3.8, 4) is 0 Å². The number of carbonyl (C=O) groups is 2. The molecule has 0 aromatic heterocycles. The van der Waals surface area contributed by atoms with Crippen molar-refractivity contribution in [3.63, 3.8) is 0 Å². The SMILES string of the molecule is CC(C)NC(=O)C(C)NC(=O)c1cc(N)cc(N)c1. The van der Waals surface area contributed by atoms with Crippen LogP contribution in [-0.4, -0.2) is 23.9 Å². The highest BCUT2D eigenvalue weighted by molar-refractivity contribution is 5.98. The van der Waals surface area contributed by atoms with Crippen LogP contribution in [0.25, 0.3) is 0 Å². The van der Waals surface area contributed by atoms with Gasteiger partial charge in [0.25, 0.3) is 5.91 Å². The third kappa shape index (κ3) is 4.50. The van der Waals surface area contributed by atoms with Crippen LogP contribution in [0.2, 0.25) is 0 Å². The van der Waals surface area contributed by atoms with E-state index in [4.69, 9.17) is 11.5 Å². The Hall–Kier alpha value is -2.24. The Kier molecular flexibility index (Phi) is 4.74. The number of rotatable bonds is 4. The van der Waals surface area contributed by atoms with Crippen molar-refractivity contribution < 1.29 is 9.59 Å². The quantitative estimate of drug-likeness (QED) is 0.593. The number of amides is 2. The van der Waals surface area contributed by atoms with Gasteiger partial charge in [0, 0.05) is 23.0 Å². The third-order valence-corrected chi connectivity index (χ3v) is 2.41. The topological polar surface area (TPSA) is 110 Å². The van der Waals surface area contributed by atoms with Gasteiger partial charge in [-0.3, -0.25) is 9.59 Å². The predicted molar refractivity (Wildman–Crippen MR) is 75.5 cm³/mol. The lowest BCUT2D eigenvalue weighted by Crippen LogP contribution is -2.46. The first-order chi connectivity index (χ1) is 8.79. The number of nitrogens with two attached hydrogens (primary N) is 2. The minimum atomic E-state index is -0.627. The van der Waals surface area contributed by atoms with E-state index < -0.39 is 6.04 Å². The Bertz CT molecular complexity index is 465. The van der Waals surface area contributed by atoms with Crippen molar-refractivity contribution in [2.75, 3.05) is 11.5 Å². The van der Waals surface area contributed by atoms with Crippen LogP contribution < -0.4 is 22.1 Å². The zero-order valence-electron chi connectivity index (χ0n) is 11.4. The zero-order valence-corrected chi connectivity index (χ0v) is 11.4. The minimum Gasteiger partial charge on any atom is -0.399 e. The molecule has 1 rings (SSSR count). The average molecular weight is 264 g/mol. The molecule has 1 aromatic carbocycles. The maximum Gasteiger partial charge on any atom is 0.252 e. The monoisotopic (exact) mass is 264 g/mol. The van der Waals surface area contributed by atoms with E-state index in [-0.39, 0.29) is 17.9 Å². The van der Waals surface area contributed by atoms with E-state index in [1.54, 1.807) is 13.0 Å². The molecule has 19 heavy (non-hydrogen) atoms. The summed E-state index contributed by atoms with van der Waals surface area (Å²) < 4.78 is 0. The number of carbonyl (C=O) groups excluding carboxylic acids is 2. The van der Waals surface area contributed by atoms with Crippen LogP contribution in [0.1, 0.15) is 31.1 Å². The van der Waals surface area contributed by atoms with Crippen LogP contribution in [0.3, 0.4) is 0 Å². The molecule has 0 saturated carbocycles. The summed E-state index contributed by atoms with van der Waals surface area (Å²) in [6.45, 7) is 5.32. The Morgan fingerprint density at radius 1 is 1.00 bits per heavy atom. The molecule has 0 spiro atoms. The third-order valence-electron chi connectivity index (χ3n) is 2.41. The van der Waals surface area contributed by atoms with Crippen molar-refractivity contribution >= 4 is 23.2 Å². The van der Waals surface area contributed by atoms with E-state index in [0.717, 1.165) is 0 Å². The molecule has 0 bridgehead atoms. The van der Waals surface area contributed by atoms with Gasteiger partial charge in [0.15, 0.2) is 0 Å². The molecule has 0 heterocycles. The summed E-state index contributed by atoms with van der Waals surface area (Å²) in [6, 6.07) is 3.98. The molecular formula is C13H20N4O2. The molecule has 1 atom stereocenters. The van der Waals surface area contributed by atoms with E-state index in [1.165, 1.54) is 12.1 Å². The summed E-state index contributed by atoms with van der Waals surface area (Å²) in [7, 11) is 0. The van der Waals surface area contributed by atoms with Crippen LogP contribution in [0.5, 0.6) is 0 Å². The highest BCUT2D eigenvalue weighted by Crippen LogP contribution is 2.13. The second-order valence-electron chi connectivity index (χ2n) is 4.75. The number of hydrogen-bond acceptors (Lipinski definition) is 4. The summed E-state index contributed by atoms with van der Waals surface area (Å²) in [4.78, 5) is 23.6. The highest BCUT2D eigenvalue weighted by Gasteiger charge is 2.17. The molecule has 0 fully saturated rings. The lowest BCUT2D eigenvalue weighted by atomic mass is 10.1. The van der Waals surface area contributed by atoms with E-state index >= 15 is 0 Å². The largest absolute Gasteiger partial charge is 0.399 e. The predicted octanol–water partition coefficient (Wildman–Crippen LogP) is 0.494. The number of benzene rings is 1. The molecule has 104 valence electrons. The second-order valence-corrected chi connectivity index (χ2v) is 4.75. The molecule has 0 saturated heterocycles. The molecule has 6 N–H and O–H groups in total. The number of hydrogen-bond donors (Lipinski definition) is 4. The summed E-state index contributed by atoms with van der Waals surface area (Å²) >= 11 is 0. The van der Waals surface area contributed by atoms with Gasteiger partial charge in [-0.15, -0.1) is 0 Å². The molecule has 6 nitrogen and oxygen atoms in total. The molecule has 0 aliphatic rings. The zero-order chi connectivity index (χ0) is 14.6. The molecule has 2 amide bonds. The average Bonchev–Trinajstić information content (AvgIpc) is 2.26. The van der Waals surface area contributed by atoms with Crippen LogP contribution in [0, 0.1) is 0 Å². The van der Waals surface area contributed by atoms with Gasteiger partial charge in [0.1, 0.15) is 6.04 Å². The van der Waals surface area contributed by atoms with Gasteiger partial charge >= 0.3 is 0 Å². The fourth-order valence-electron chi connectivity index (χ4n) is 1.56. The Morgan fingerprint density at radius 3 is 2.00 bits per heavy atom. The lowest BCUT2D eigenvalue weighted by Gasteiger charge is -2.16. The molecule has 6 heteroatoms. The fraction of sp³-hybridized carbons (Fsp3) is 0.385. The van der Waals surface area contributed by atoms with Gasteiger partial charge in [-0.25, -0.2) is 0 Å². The van der Waals surface area contributed by atoms with Crippen molar-refractivity contribution in [2.45, 2.75) is 32.9 Å². The van der Waals surface area contributed by atoms with Gasteiger partial charge < -0.3 is 22.1 Å². The lowest BCUT2D eigenvalue weighted by molar-refractivity contribution is -0.123. The van der Waals surface area contributed by atoms with Gasteiger partial charge in [0.2, 0.25) is 5.91 Å².